The fourth-order valence-electron chi connectivity index (χ4n) is 2.82. The van der Waals surface area contributed by atoms with Crippen molar-refractivity contribution in [3.63, 3.8) is 0 Å². The van der Waals surface area contributed by atoms with Crippen LogP contribution in [0.15, 0.2) is 83.8 Å². The number of nitrogens with one attached hydrogen (secondary N) is 3. The molecule has 2 amide bonds. The lowest BCUT2D eigenvalue weighted by molar-refractivity contribution is 0.0919. The number of carbonyl (C=O) groups is 2. The second kappa shape index (κ2) is 9.23. The Morgan fingerprint density at radius 2 is 1.19 bits per heavy atom. The predicted molar refractivity (Wildman–Crippen MR) is 125 cm³/mol. The van der Waals surface area contributed by atoms with E-state index in [1.807, 2.05) is 20.8 Å². The van der Waals surface area contributed by atoms with Crippen molar-refractivity contribution in [2.24, 2.45) is 0 Å². The summed E-state index contributed by atoms with van der Waals surface area (Å²) in [5.74, 6) is -0.543. The first-order chi connectivity index (χ1) is 15.0. The number of rotatable bonds is 6. The quantitative estimate of drug-likeness (QED) is 0.521. The number of benzene rings is 3. The van der Waals surface area contributed by atoms with E-state index in [-0.39, 0.29) is 22.2 Å². The van der Waals surface area contributed by atoms with Crippen molar-refractivity contribution >= 4 is 33.2 Å². The van der Waals surface area contributed by atoms with Crippen LogP contribution >= 0.6 is 0 Å². The van der Waals surface area contributed by atoms with Gasteiger partial charge in [-0.15, -0.1) is 0 Å². The summed E-state index contributed by atoms with van der Waals surface area (Å²) in [6.07, 6.45) is 0. The zero-order valence-electron chi connectivity index (χ0n) is 18.0. The van der Waals surface area contributed by atoms with Gasteiger partial charge in [-0.3, -0.25) is 14.3 Å². The first-order valence-electron chi connectivity index (χ1n) is 9.95. The third-order valence-corrected chi connectivity index (χ3v) is 5.74. The Morgan fingerprint density at radius 3 is 1.72 bits per heavy atom. The average molecular weight is 452 g/mol. The molecule has 3 aromatic carbocycles. The van der Waals surface area contributed by atoms with Crippen LogP contribution < -0.4 is 15.4 Å². The van der Waals surface area contributed by atoms with Crippen molar-refractivity contribution in [1.82, 2.24) is 5.32 Å². The summed E-state index contributed by atoms with van der Waals surface area (Å²) in [7, 11) is -3.70. The highest BCUT2D eigenvalue weighted by atomic mass is 32.2. The Bertz CT molecular complexity index is 1200. The van der Waals surface area contributed by atoms with E-state index in [0.29, 0.717) is 22.5 Å². The molecule has 0 heterocycles. The van der Waals surface area contributed by atoms with Gasteiger partial charge in [0.2, 0.25) is 0 Å². The van der Waals surface area contributed by atoms with Crippen molar-refractivity contribution in [1.29, 1.82) is 0 Å². The van der Waals surface area contributed by atoms with E-state index in [1.165, 1.54) is 36.4 Å². The van der Waals surface area contributed by atoms with Crippen LogP contribution in [0.5, 0.6) is 0 Å². The van der Waals surface area contributed by atoms with Gasteiger partial charge in [0.05, 0.1) is 4.90 Å². The molecule has 0 spiro atoms. The molecule has 32 heavy (non-hydrogen) atoms. The minimum Gasteiger partial charge on any atom is -0.347 e. The van der Waals surface area contributed by atoms with E-state index in [1.54, 1.807) is 42.5 Å². The molecule has 0 aliphatic carbocycles. The van der Waals surface area contributed by atoms with Crippen molar-refractivity contribution < 1.29 is 18.0 Å². The minimum absolute atomic E-state index is 0.154. The van der Waals surface area contributed by atoms with Crippen LogP contribution in [0, 0.1) is 0 Å². The molecule has 0 fully saturated rings. The lowest BCUT2D eigenvalue weighted by Crippen LogP contribution is -2.40. The third kappa shape index (κ3) is 6.18. The molecule has 0 radical (unpaired) electrons. The number of amides is 2. The molecule has 0 unspecified atom stereocenters. The lowest BCUT2D eigenvalue weighted by Gasteiger charge is -2.20. The van der Waals surface area contributed by atoms with Crippen LogP contribution in [0.1, 0.15) is 41.5 Å². The lowest BCUT2D eigenvalue weighted by atomic mass is 10.1. The monoisotopic (exact) mass is 451 g/mol. The molecular formula is C24H25N3O4S. The Labute approximate surface area is 187 Å². The van der Waals surface area contributed by atoms with Gasteiger partial charge in [0.25, 0.3) is 21.8 Å². The average Bonchev–Trinajstić information content (AvgIpc) is 2.74. The summed E-state index contributed by atoms with van der Waals surface area (Å²) < 4.78 is 27.3. The molecule has 0 bridgehead atoms. The van der Waals surface area contributed by atoms with Crippen LogP contribution in [-0.4, -0.2) is 25.8 Å². The van der Waals surface area contributed by atoms with E-state index in [2.05, 4.69) is 15.4 Å². The van der Waals surface area contributed by atoms with Gasteiger partial charge in [0, 0.05) is 28.0 Å². The fourth-order valence-corrected chi connectivity index (χ4v) is 3.90. The molecule has 0 atom stereocenters. The first kappa shape index (κ1) is 23.0. The minimum atomic E-state index is -3.70. The van der Waals surface area contributed by atoms with E-state index in [0.717, 1.165) is 0 Å². The van der Waals surface area contributed by atoms with E-state index < -0.39 is 10.0 Å². The summed E-state index contributed by atoms with van der Waals surface area (Å²) in [6.45, 7) is 5.70. The van der Waals surface area contributed by atoms with Crippen molar-refractivity contribution in [2.45, 2.75) is 31.2 Å². The molecule has 0 aliphatic heterocycles. The highest BCUT2D eigenvalue weighted by Gasteiger charge is 2.16. The highest BCUT2D eigenvalue weighted by Crippen LogP contribution is 2.18. The molecule has 0 saturated carbocycles. The van der Waals surface area contributed by atoms with Crippen LogP contribution in [0.4, 0.5) is 11.4 Å². The molecule has 8 heteroatoms. The smallest absolute Gasteiger partial charge is 0.261 e. The first-order valence-corrected chi connectivity index (χ1v) is 11.4. The topological polar surface area (TPSA) is 104 Å². The standard InChI is InChI=1S/C24H25N3O4S/c1-24(2,3)26-23(29)18-9-13-19(14-10-18)25-22(28)17-11-15-20(16-12-17)27-32(30,31)21-7-5-4-6-8-21/h4-16,27H,1-3H3,(H,25,28)(H,26,29). The van der Waals surface area contributed by atoms with E-state index in [4.69, 9.17) is 0 Å². The highest BCUT2D eigenvalue weighted by molar-refractivity contribution is 7.92. The molecule has 0 saturated heterocycles. The van der Waals surface area contributed by atoms with Crippen LogP contribution in [-0.2, 0) is 10.0 Å². The summed E-state index contributed by atoms with van der Waals surface area (Å²) in [5, 5.41) is 5.64. The van der Waals surface area contributed by atoms with Gasteiger partial charge >= 0.3 is 0 Å². The molecule has 7 nitrogen and oxygen atoms in total. The van der Waals surface area contributed by atoms with Gasteiger partial charge in [-0.05, 0) is 81.4 Å². The summed E-state index contributed by atoms with van der Waals surface area (Å²) in [6, 6.07) is 20.7. The molecular weight excluding hydrogens is 426 g/mol. The second-order valence-corrected chi connectivity index (χ2v) is 9.91. The number of hydrogen-bond acceptors (Lipinski definition) is 4. The van der Waals surface area contributed by atoms with Gasteiger partial charge in [0.15, 0.2) is 0 Å². The molecule has 0 aromatic heterocycles. The maximum atomic E-state index is 12.5. The maximum absolute atomic E-state index is 12.5. The zero-order chi connectivity index (χ0) is 23.4. The maximum Gasteiger partial charge on any atom is 0.261 e. The molecule has 3 rings (SSSR count). The van der Waals surface area contributed by atoms with Gasteiger partial charge in [-0.1, -0.05) is 18.2 Å². The number of sulfonamides is 1. The van der Waals surface area contributed by atoms with Gasteiger partial charge in [-0.25, -0.2) is 8.42 Å². The zero-order valence-corrected chi connectivity index (χ0v) is 18.9. The van der Waals surface area contributed by atoms with Gasteiger partial charge in [-0.2, -0.15) is 0 Å². The SMILES string of the molecule is CC(C)(C)NC(=O)c1ccc(NC(=O)c2ccc(NS(=O)(=O)c3ccccc3)cc2)cc1. The summed E-state index contributed by atoms with van der Waals surface area (Å²) in [5.41, 5.74) is 1.40. The van der Waals surface area contributed by atoms with Crippen LogP contribution in [0.25, 0.3) is 0 Å². The predicted octanol–water partition coefficient (Wildman–Crippen LogP) is 4.27. The number of carbonyl (C=O) groups excluding carboxylic acids is 2. The largest absolute Gasteiger partial charge is 0.347 e. The van der Waals surface area contributed by atoms with Crippen LogP contribution in [0.2, 0.25) is 0 Å². The Hall–Kier alpha value is -3.65. The Kier molecular flexibility index (Phi) is 6.64. The van der Waals surface area contributed by atoms with Crippen molar-refractivity contribution in [2.75, 3.05) is 10.0 Å². The number of hydrogen-bond donors (Lipinski definition) is 3. The molecule has 166 valence electrons. The van der Waals surface area contributed by atoms with Crippen LogP contribution in [0.3, 0.4) is 0 Å². The van der Waals surface area contributed by atoms with Crippen molar-refractivity contribution in [3.05, 3.63) is 90.0 Å². The molecule has 0 aliphatic rings. The Morgan fingerprint density at radius 1 is 0.688 bits per heavy atom. The fraction of sp³-hybridized carbons (Fsp3) is 0.167. The summed E-state index contributed by atoms with van der Waals surface area (Å²) >= 11 is 0. The van der Waals surface area contributed by atoms with E-state index in [9.17, 15) is 18.0 Å². The van der Waals surface area contributed by atoms with Crippen molar-refractivity contribution in [3.8, 4) is 0 Å². The van der Waals surface area contributed by atoms with Gasteiger partial charge in [0.1, 0.15) is 0 Å². The molecule has 3 N–H and O–H groups in total. The summed E-state index contributed by atoms with van der Waals surface area (Å²) in [4.78, 5) is 24.9. The van der Waals surface area contributed by atoms with Gasteiger partial charge < -0.3 is 10.6 Å². The molecule has 3 aromatic rings. The number of anilines is 2. The second-order valence-electron chi connectivity index (χ2n) is 8.23. The van der Waals surface area contributed by atoms with E-state index >= 15 is 0 Å². The normalized spacial score (nSPS) is 11.5. The Balaban J connectivity index is 1.63. The third-order valence-electron chi connectivity index (χ3n) is 4.35.